The van der Waals surface area contributed by atoms with E-state index in [1.54, 1.807) is 0 Å². The molecule has 1 unspecified atom stereocenters. The highest BCUT2D eigenvalue weighted by molar-refractivity contribution is 5.78. The molecule has 0 bridgehead atoms. The van der Waals surface area contributed by atoms with Gasteiger partial charge in [-0.1, -0.05) is 30.3 Å². The molecule has 2 rings (SSSR count). The van der Waals surface area contributed by atoms with Crippen molar-refractivity contribution in [3.8, 4) is 0 Å². The van der Waals surface area contributed by atoms with Crippen LogP contribution >= 0.6 is 0 Å². The Morgan fingerprint density at radius 3 is 2.84 bits per heavy atom. The highest BCUT2D eigenvalue weighted by atomic mass is 16.2. The first kappa shape index (κ1) is 14.0. The number of hydrogen-bond donors (Lipinski definition) is 1. The van der Waals surface area contributed by atoms with Crippen LogP contribution in [0.3, 0.4) is 0 Å². The van der Waals surface area contributed by atoms with Crippen LogP contribution < -0.4 is 5.32 Å². The van der Waals surface area contributed by atoms with Gasteiger partial charge in [0.05, 0.1) is 6.54 Å². The van der Waals surface area contributed by atoms with Crippen molar-refractivity contribution in [3.05, 3.63) is 35.9 Å². The van der Waals surface area contributed by atoms with Crippen molar-refractivity contribution in [2.45, 2.75) is 19.5 Å². The van der Waals surface area contributed by atoms with Crippen molar-refractivity contribution in [2.75, 3.05) is 33.2 Å². The molecule has 4 nitrogen and oxygen atoms in total. The largest absolute Gasteiger partial charge is 0.336 e. The molecule has 1 aliphatic heterocycles. The lowest BCUT2D eigenvalue weighted by Crippen LogP contribution is -2.54. The first-order valence-electron chi connectivity index (χ1n) is 6.89. The van der Waals surface area contributed by atoms with Gasteiger partial charge < -0.3 is 10.2 Å². The summed E-state index contributed by atoms with van der Waals surface area (Å²) in [5, 5.41) is 3.31. The minimum Gasteiger partial charge on any atom is -0.336 e. The van der Waals surface area contributed by atoms with Gasteiger partial charge in [0.2, 0.25) is 5.91 Å². The van der Waals surface area contributed by atoms with Crippen molar-refractivity contribution in [1.82, 2.24) is 15.1 Å². The van der Waals surface area contributed by atoms with Crippen LogP contribution in [0.5, 0.6) is 0 Å². The number of amides is 1. The third-order valence-electron chi connectivity index (χ3n) is 3.52. The summed E-state index contributed by atoms with van der Waals surface area (Å²) in [5.74, 6) is 0.229. The maximum Gasteiger partial charge on any atom is 0.237 e. The average molecular weight is 261 g/mol. The fraction of sp³-hybridized carbons (Fsp3) is 0.533. The van der Waals surface area contributed by atoms with Crippen LogP contribution in [-0.2, 0) is 11.3 Å². The Balaban J connectivity index is 1.84. The highest BCUT2D eigenvalue weighted by Crippen LogP contribution is 2.06. The number of nitrogens with one attached hydrogen (secondary N) is 1. The molecular weight excluding hydrogens is 238 g/mol. The summed E-state index contributed by atoms with van der Waals surface area (Å²) in [4.78, 5) is 16.3. The van der Waals surface area contributed by atoms with E-state index in [1.807, 2.05) is 30.1 Å². The van der Waals surface area contributed by atoms with E-state index in [-0.39, 0.29) is 5.91 Å². The SMILES string of the molecule is CC1CNCCN1C(=O)CN(C)Cc1ccccc1. The Morgan fingerprint density at radius 1 is 1.42 bits per heavy atom. The van der Waals surface area contributed by atoms with Gasteiger partial charge in [0, 0.05) is 32.2 Å². The maximum absolute atomic E-state index is 12.3. The topological polar surface area (TPSA) is 35.6 Å². The highest BCUT2D eigenvalue weighted by Gasteiger charge is 2.23. The minimum absolute atomic E-state index is 0.229. The van der Waals surface area contributed by atoms with Crippen LogP contribution in [0.4, 0.5) is 0 Å². The fourth-order valence-corrected chi connectivity index (χ4v) is 2.48. The van der Waals surface area contributed by atoms with E-state index in [9.17, 15) is 4.79 Å². The monoisotopic (exact) mass is 261 g/mol. The van der Waals surface area contributed by atoms with E-state index in [4.69, 9.17) is 0 Å². The second-order valence-corrected chi connectivity index (χ2v) is 5.30. The molecular formula is C15H23N3O. The molecule has 1 heterocycles. The smallest absolute Gasteiger partial charge is 0.237 e. The summed E-state index contributed by atoms with van der Waals surface area (Å²) in [6.07, 6.45) is 0. The molecule has 1 fully saturated rings. The van der Waals surface area contributed by atoms with Crippen molar-refractivity contribution < 1.29 is 4.79 Å². The third-order valence-corrected chi connectivity index (χ3v) is 3.52. The van der Waals surface area contributed by atoms with Gasteiger partial charge >= 0.3 is 0 Å². The van der Waals surface area contributed by atoms with E-state index >= 15 is 0 Å². The zero-order valence-electron chi connectivity index (χ0n) is 11.8. The van der Waals surface area contributed by atoms with Crippen LogP contribution in [0, 0.1) is 0 Å². The molecule has 1 atom stereocenters. The van der Waals surface area contributed by atoms with Gasteiger partial charge in [-0.25, -0.2) is 0 Å². The number of rotatable bonds is 4. The second kappa shape index (κ2) is 6.68. The van der Waals surface area contributed by atoms with E-state index < -0.39 is 0 Å². The van der Waals surface area contributed by atoms with Crippen LogP contribution in [0.25, 0.3) is 0 Å². The lowest BCUT2D eigenvalue weighted by atomic mass is 10.2. The number of benzene rings is 1. The molecule has 1 aromatic carbocycles. The van der Waals surface area contributed by atoms with E-state index in [1.165, 1.54) is 5.56 Å². The predicted molar refractivity (Wildman–Crippen MR) is 76.8 cm³/mol. The average Bonchev–Trinajstić information content (AvgIpc) is 2.40. The molecule has 19 heavy (non-hydrogen) atoms. The Morgan fingerprint density at radius 2 is 2.16 bits per heavy atom. The van der Waals surface area contributed by atoms with Crippen molar-refractivity contribution in [1.29, 1.82) is 0 Å². The summed E-state index contributed by atoms with van der Waals surface area (Å²) >= 11 is 0. The number of piperazine rings is 1. The molecule has 0 aliphatic carbocycles. The van der Waals surface area contributed by atoms with Gasteiger partial charge in [-0.05, 0) is 19.5 Å². The van der Waals surface area contributed by atoms with E-state index in [0.29, 0.717) is 12.6 Å². The molecule has 1 aliphatic rings. The molecule has 104 valence electrons. The van der Waals surface area contributed by atoms with Gasteiger partial charge in [-0.15, -0.1) is 0 Å². The minimum atomic E-state index is 0.229. The standard InChI is InChI=1S/C15H23N3O/c1-13-10-16-8-9-18(13)15(19)12-17(2)11-14-6-4-3-5-7-14/h3-7,13,16H,8-12H2,1-2H3. The summed E-state index contributed by atoms with van der Waals surface area (Å²) < 4.78 is 0. The maximum atomic E-state index is 12.3. The van der Waals surface area contributed by atoms with Crippen LogP contribution in [0.2, 0.25) is 0 Å². The lowest BCUT2D eigenvalue weighted by Gasteiger charge is -2.35. The Kier molecular flexibility index (Phi) is 4.93. The molecule has 0 saturated carbocycles. The van der Waals surface area contributed by atoms with Gasteiger partial charge in [0.15, 0.2) is 0 Å². The molecule has 0 spiro atoms. The Hall–Kier alpha value is -1.39. The summed E-state index contributed by atoms with van der Waals surface area (Å²) in [6, 6.07) is 10.6. The predicted octanol–water partition coefficient (Wildman–Crippen LogP) is 0.939. The quantitative estimate of drug-likeness (QED) is 0.876. The molecule has 1 N–H and O–H groups in total. The van der Waals surface area contributed by atoms with Gasteiger partial charge in [-0.3, -0.25) is 9.69 Å². The summed E-state index contributed by atoms with van der Waals surface area (Å²) in [7, 11) is 2.00. The molecule has 1 saturated heterocycles. The van der Waals surface area contributed by atoms with Crippen LogP contribution in [-0.4, -0.2) is 55.0 Å². The Bertz CT molecular complexity index is 407. The summed E-state index contributed by atoms with van der Waals surface area (Å²) in [5.41, 5.74) is 1.24. The lowest BCUT2D eigenvalue weighted by molar-refractivity contribution is -0.135. The molecule has 0 radical (unpaired) electrons. The Labute approximate surface area is 115 Å². The molecule has 1 aromatic rings. The normalized spacial score (nSPS) is 19.7. The van der Waals surface area contributed by atoms with Crippen molar-refractivity contribution in [2.24, 2.45) is 0 Å². The number of carbonyl (C=O) groups is 1. The summed E-state index contributed by atoms with van der Waals surface area (Å²) in [6.45, 7) is 6.01. The third kappa shape index (κ3) is 4.04. The zero-order chi connectivity index (χ0) is 13.7. The van der Waals surface area contributed by atoms with Gasteiger partial charge in [0.1, 0.15) is 0 Å². The number of carbonyl (C=O) groups excluding carboxylic acids is 1. The molecule has 4 heteroatoms. The number of hydrogen-bond acceptors (Lipinski definition) is 3. The van der Waals surface area contributed by atoms with Crippen molar-refractivity contribution >= 4 is 5.91 Å². The van der Waals surface area contributed by atoms with E-state index in [2.05, 4.69) is 29.3 Å². The zero-order valence-corrected chi connectivity index (χ0v) is 11.8. The molecule has 1 amide bonds. The number of nitrogens with zero attached hydrogens (tertiary/aromatic N) is 2. The number of likely N-dealkylation sites (N-methyl/N-ethyl adjacent to an activating group) is 1. The van der Waals surface area contributed by atoms with Crippen LogP contribution in [0.15, 0.2) is 30.3 Å². The fourth-order valence-electron chi connectivity index (χ4n) is 2.48. The van der Waals surface area contributed by atoms with Gasteiger partial charge in [-0.2, -0.15) is 0 Å². The second-order valence-electron chi connectivity index (χ2n) is 5.30. The van der Waals surface area contributed by atoms with Crippen LogP contribution in [0.1, 0.15) is 12.5 Å². The first-order valence-corrected chi connectivity index (χ1v) is 6.89. The van der Waals surface area contributed by atoms with E-state index in [0.717, 1.165) is 26.2 Å². The van der Waals surface area contributed by atoms with Gasteiger partial charge in [0.25, 0.3) is 0 Å². The molecule has 0 aromatic heterocycles. The first-order chi connectivity index (χ1) is 9.16. The van der Waals surface area contributed by atoms with Crippen molar-refractivity contribution in [3.63, 3.8) is 0 Å².